The molecule has 230 valence electrons. The van der Waals surface area contributed by atoms with Crippen LogP contribution in [0.15, 0.2) is 76.6 Å². The number of sulfonamides is 1. The van der Waals surface area contributed by atoms with E-state index in [9.17, 15) is 41.1 Å². The molecule has 0 saturated heterocycles. The van der Waals surface area contributed by atoms with E-state index in [0.29, 0.717) is 21.9 Å². The second kappa shape index (κ2) is 11.5. The minimum atomic E-state index is -4.81. The number of alkyl halides is 3. The molecule has 1 aliphatic heterocycles. The molecule has 2 N–H and O–H groups in total. The summed E-state index contributed by atoms with van der Waals surface area (Å²) < 4.78 is 70.9. The Labute approximate surface area is 250 Å². The molecule has 1 amide bonds. The van der Waals surface area contributed by atoms with Crippen LogP contribution in [0.25, 0.3) is 21.9 Å². The third-order valence-corrected chi connectivity index (χ3v) is 9.50. The average molecular weight is 628 g/mol. The van der Waals surface area contributed by atoms with Crippen LogP contribution in [-0.2, 0) is 27.4 Å². The highest BCUT2D eigenvalue weighted by atomic mass is 32.2. The third-order valence-electron chi connectivity index (χ3n) is 7.64. The highest BCUT2D eigenvalue weighted by molar-refractivity contribution is 7.89. The Morgan fingerprint density at radius 3 is 2.41 bits per heavy atom. The Morgan fingerprint density at radius 2 is 1.73 bits per heavy atom. The summed E-state index contributed by atoms with van der Waals surface area (Å²) in [6.07, 6.45) is -4.55. The zero-order valence-electron chi connectivity index (χ0n) is 23.7. The van der Waals surface area contributed by atoms with Crippen LogP contribution in [0.4, 0.5) is 13.2 Å². The van der Waals surface area contributed by atoms with Gasteiger partial charge in [0.15, 0.2) is 5.03 Å². The first-order valence-corrected chi connectivity index (χ1v) is 15.1. The van der Waals surface area contributed by atoms with Crippen molar-refractivity contribution >= 4 is 32.7 Å². The smallest absolute Gasteiger partial charge is 0.416 e. The van der Waals surface area contributed by atoms with Gasteiger partial charge in [0.1, 0.15) is 11.6 Å². The summed E-state index contributed by atoms with van der Waals surface area (Å²) in [4.78, 5) is 40.3. The van der Waals surface area contributed by atoms with Gasteiger partial charge >= 0.3 is 12.1 Å². The number of halogens is 3. The number of carbonyl (C=O) groups excluding carboxylic acids is 1. The number of amides is 1. The van der Waals surface area contributed by atoms with Gasteiger partial charge in [-0.25, -0.2) is 13.2 Å². The summed E-state index contributed by atoms with van der Waals surface area (Å²) >= 11 is 0. The molecule has 0 bridgehead atoms. The molecule has 2 heterocycles. The lowest BCUT2D eigenvalue weighted by Crippen LogP contribution is -2.50. The lowest BCUT2D eigenvalue weighted by Gasteiger charge is -2.34. The van der Waals surface area contributed by atoms with Crippen molar-refractivity contribution in [2.24, 2.45) is 0 Å². The molecule has 0 radical (unpaired) electrons. The van der Waals surface area contributed by atoms with Gasteiger partial charge in [-0.05, 0) is 52.4 Å². The van der Waals surface area contributed by atoms with E-state index in [0.717, 1.165) is 34.9 Å². The number of nitrogens with one attached hydrogen (secondary N) is 1. The Kier molecular flexibility index (Phi) is 8.12. The number of pyridine rings is 1. The maximum Gasteiger partial charge on any atom is 0.416 e. The monoisotopic (exact) mass is 627 g/mol. The highest BCUT2D eigenvalue weighted by Crippen LogP contribution is 2.41. The fraction of sp³-hybridized carbons (Fsp3) is 0.258. The molecular weight excluding hydrogens is 599 g/mol. The number of fused-ring (bicyclic) bond motifs is 2. The number of carboxylic acid groups (broad SMARTS) is 1. The lowest BCUT2D eigenvalue weighted by atomic mass is 9.89. The Balaban J connectivity index is 1.99. The van der Waals surface area contributed by atoms with Crippen molar-refractivity contribution in [1.82, 2.24) is 14.2 Å². The van der Waals surface area contributed by atoms with Crippen molar-refractivity contribution in [2.75, 3.05) is 20.1 Å². The van der Waals surface area contributed by atoms with E-state index < -0.39 is 62.4 Å². The van der Waals surface area contributed by atoms with Crippen molar-refractivity contribution in [1.29, 1.82) is 0 Å². The van der Waals surface area contributed by atoms with Crippen LogP contribution < -0.4 is 10.9 Å². The van der Waals surface area contributed by atoms with Crippen LogP contribution in [0, 0.1) is 0 Å². The van der Waals surface area contributed by atoms with Gasteiger partial charge < -0.3 is 10.4 Å². The van der Waals surface area contributed by atoms with Crippen LogP contribution in [0.3, 0.4) is 0 Å². The molecular formula is C31H28F3N3O6S. The van der Waals surface area contributed by atoms with E-state index in [1.807, 2.05) is 18.2 Å². The number of carboxylic acids is 1. The number of benzene rings is 3. The van der Waals surface area contributed by atoms with Gasteiger partial charge in [-0.15, -0.1) is 0 Å². The number of aromatic nitrogens is 1. The summed E-state index contributed by atoms with van der Waals surface area (Å²) in [6.45, 7) is 1.27. The minimum absolute atomic E-state index is 0.131. The van der Waals surface area contributed by atoms with Crippen molar-refractivity contribution in [3.8, 4) is 11.1 Å². The Morgan fingerprint density at radius 1 is 1.05 bits per heavy atom. The summed E-state index contributed by atoms with van der Waals surface area (Å²) in [5, 5.41) is 13.4. The molecule has 1 aromatic heterocycles. The van der Waals surface area contributed by atoms with Crippen molar-refractivity contribution in [3.63, 3.8) is 0 Å². The van der Waals surface area contributed by atoms with Gasteiger partial charge in [0, 0.05) is 25.7 Å². The third kappa shape index (κ3) is 5.37. The SMILES string of the molecule is CCCNC(=O)c1c(Cc2cccc3ccccc23)c(-c2cccc(C(F)(F)F)c2)c2n(c1=O)C(C(=O)O)CN(C)S2(=O)=O. The minimum Gasteiger partial charge on any atom is -0.480 e. The summed E-state index contributed by atoms with van der Waals surface area (Å²) in [6, 6.07) is 14.6. The zero-order chi connectivity index (χ0) is 32.0. The molecule has 0 aliphatic carbocycles. The maximum atomic E-state index is 14.2. The summed E-state index contributed by atoms with van der Waals surface area (Å²) in [7, 11) is -3.51. The highest BCUT2D eigenvalue weighted by Gasteiger charge is 2.44. The second-order valence-corrected chi connectivity index (χ2v) is 12.5. The van der Waals surface area contributed by atoms with Gasteiger partial charge in [-0.1, -0.05) is 61.5 Å². The zero-order valence-corrected chi connectivity index (χ0v) is 24.5. The van der Waals surface area contributed by atoms with Crippen molar-refractivity contribution in [3.05, 3.63) is 99.3 Å². The molecule has 1 aliphatic rings. The number of nitrogens with zero attached hydrogens (tertiary/aromatic N) is 2. The van der Waals surface area contributed by atoms with Gasteiger partial charge in [-0.2, -0.15) is 17.5 Å². The molecule has 44 heavy (non-hydrogen) atoms. The van der Waals surface area contributed by atoms with E-state index in [1.165, 1.54) is 6.07 Å². The first kappa shape index (κ1) is 31.0. The number of aliphatic carboxylic acids is 1. The number of hydrogen-bond donors (Lipinski definition) is 2. The molecule has 0 spiro atoms. The normalized spacial score (nSPS) is 16.4. The quantitative estimate of drug-likeness (QED) is 0.307. The lowest BCUT2D eigenvalue weighted by molar-refractivity contribution is -0.141. The molecule has 0 saturated carbocycles. The summed E-state index contributed by atoms with van der Waals surface area (Å²) in [5.74, 6) is -2.44. The fourth-order valence-corrected chi connectivity index (χ4v) is 7.13. The maximum absolute atomic E-state index is 14.2. The van der Waals surface area contributed by atoms with Crippen LogP contribution >= 0.6 is 0 Å². The van der Waals surface area contributed by atoms with E-state index in [2.05, 4.69) is 5.32 Å². The first-order valence-electron chi connectivity index (χ1n) is 13.7. The fourth-order valence-electron chi connectivity index (χ4n) is 5.54. The number of carbonyl (C=O) groups is 2. The molecule has 13 heteroatoms. The van der Waals surface area contributed by atoms with Crippen molar-refractivity contribution in [2.45, 2.75) is 37.0 Å². The molecule has 4 aromatic rings. The standard InChI is InChI=1S/C31H28F3N3O6S/c1-3-14-35-27(38)26-23(16-19-10-6-9-18-8-4-5-13-22(18)19)25(20-11-7-12-21(15-20)31(32,33)34)29-37(28(26)39)24(30(40)41)17-36(2)44(29,42)43/h4-13,15,24H,3,14,16-17H2,1-2H3,(H,35,38)(H,40,41). The number of rotatable bonds is 7. The molecule has 1 atom stereocenters. The Bertz CT molecular complexity index is 1970. The van der Waals surface area contributed by atoms with Gasteiger partial charge in [-0.3, -0.25) is 14.2 Å². The van der Waals surface area contributed by atoms with E-state index in [4.69, 9.17) is 0 Å². The predicted molar refractivity (Wildman–Crippen MR) is 157 cm³/mol. The first-order chi connectivity index (χ1) is 20.8. The van der Waals surface area contributed by atoms with E-state index in [1.54, 1.807) is 31.2 Å². The molecule has 5 rings (SSSR count). The molecule has 1 unspecified atom stereocenters. The molecule has 0 fully saturated rings. The van der Waals surface area contributed by atoms with Crippen LogP contribution in [0.5, 0.6) is 0 Å². The van der Waals surface area contributed by atoms with E-state index in [-0.39, 0.29) is 29.7 Å². The number of likely N-dealkylation sites (N-methyl/N-ethyl adjacent to an activating group) is 1. The van der Waals surface area contributed by atoms with E-state index >= 15 is 0 Å². The topological polar surface area (TPSA) is 126 Å². The Hall–Kier alpha value is -4.49. The van der Waals surface area contributed by atoms with Gasteiger partial charge in [0.2, 0.25) is 0 Å². The van der Waals surface area contributed by atoms with Crippen molar-refractivity contribution < 1.29 is 36.3 Å². The largest absolute Gasteiger partial charge is 0.480 e. The predicted octanol–water partition coefficient (Wildman–Crippen LogP) is 4.68. The average Bonchev–Trinajstić information content (AvgIpc) is 2.97. The van der Waals surface area contributed by atoms with Crippen LogP contribution in [0.2, 0.25) is 0 Å². The number of hydrogen-bond acceptors (Lipinski definition) is 5. The second-order valence-electron chi connectivity index (χ2n) is 10.5. The van der Waals surface area contributed by atoms with Gasteiger partial charge in [0.25, 0.3) is 21.5 Å². The molecule has 3 aromatic carbocycles. The van der Waals surface area contributed by atoms with Gasteiger partial charge in [0.05, 0.1) is 5.56 Å². The van der Waals surface area contributed by atoms with Crippen LogP contribution in [-0.4, -0.2) is 54.4 Å². The van der Waals surface area contributed by atoms with Crippen LogP contribution in [0.1, 0.15) is 46.4 Å². The molecule has 9 nitrogen and oxygen atoms in total. The summed E-state index contributed by atoms with van der Waals surface area (Å²) in [5.41, 5.74) is -2.94.